The highest BCUT2D eigenvalue weighted by atomic mass is 16.3. The molecule has 0 bridgehead atoms. The van der Waals surface area contributed by atoms with E-state index in [1.165, 1.54) is 19.3 Å². The van der Waals surface area contributed by atoms with Crippen LogP contribution in [-0.2, 0) is 0 Å². The SMILES string of the molecule is CC(C)(C)[C@@H]1CCC[C@@H]1CO. The number of aliphatic hydroxyl groups excluding tert-OH is 1. The van der Waals surface area contributed by atoms with Crippen molar-refractivity contribution in [3.63, 3.8) is 0 Å². The Morgan fingerprint density at radius 1 is 1.27 bits per heavy atom. The third-order valence-electron chi connectivity index (χ3n) is 3.01. The first-order valence-corrected chi connectivity index (χ1v) is 4.66. The second kappa shape index (κ2) is 3.14. The second-order valence-electron chi connectivity index (χ2n) is 4.85. The van der Waals surface area contributed by atoms with Gasteiger partial charge in [0, 0.05) is 6.61 Å². The average molecular weight is 156 g/mol. The summed E-state index contributed by atoms with van der Waals surface area (Å²) in [4.78, 5) is 0. The van der Waals surface area contributed by atoms with Gasteiger partial charge in [0.15, 0.2) is 0 Å². The van der Waals surface area contributed by atoms with E-state index in [2.05, 4.69) is 20.8 Å². The third kappa shape index (κ3) is 1.96. The van der Waals surface area contributed by atoms with Crippen LogP contribution in [0.25, 0.3) is 0 Å². The minimum absolute atomic E-state index is 0.391. The first-order chi connectivity index (χ1) is 5.05. The van der Waals surface area contributed by atoms with Gasteiger partial charge < -0.3 is 5.11 Å². The van der Waals surface area contributed by atoms with Gasteiger partial charge in [0.05, 0.1) is 0 Å². The Morgan fingerprint density at radius 2 is 1.91 bits per heavy atom. The van der Waals surface area contributed by atoms with Crippen LogP contribution >= 0.6 is 0 Å². The molecule has 1 aliphatic carbocycles. The fourth-order valence-electron chi connectivity index (χ4n) is 2.40. The van der Waals surface area contributed by atoms with Crippen molar-refractivity contribution in [3.05, 3.63) is 0 Å². The largest absolute Gasteiger partial charge is 0.396 e. The fourth-order valence-corrected chi connectivity index (χ4v) is 2.40. The molecule has 66 valence electrons. The van der Waals surface area contributed by atoms with Gasteiger partial charge in [-0.3, -0.25) is 0 Å². The number of hydrogen-bond donors (Lipinski definition) is 1. The lowest BCUT2D eigenvalue weighted by Crippen LogP contribution is -2.25. The highest BCUT2D eigenvalue weighted by Crippen LogP contribution is 2.42. The van der Waals surface area contributed by atoms with Gasteiger partial charge in [-0.15, -0.1) is 0 Å². The molecule has 1 heteroatoms. The van der Waals surface area contributed by atoms with Crippen LogP contribution in [0.1, 0.15) is 40.0 Å². The van der Waals surface area contributed by atoms with E-state index in [-0.39, 0.29) is 0 Å². The zero-order chi connectivity index (χ0) is 8.48. The zero-order valence-corrected chi connectivity index (χ0v) is 7.93. The van der Waals surface area contributed by atoms with Crippen molar-refractivity contribution in [1.82, 2.24) is 0 Å². The molecule has 1 aliphatic rings. The normalized spacial score (nSPS) is 32.7. The quantitative estimate of drug-likeness (QED) is 0.618. The molecule has 0 aromatic heterocycles. The summed E-state index contributed by atoms with van der Waals surface area (Å²) in [6.45, 7) is 7.24. The number of hydrogen-bond acceptors (Lipinski definition) is 1. The molecule has 0 aromatic rings. The third-order valence-corrected chi connectivity index (χ3v) is 3.01. The smallest absolute Gasteiger partial charge is 0.0462 e. The van der Waals surface area contributed by atoms with Crippen molar-refractivity contribution < 1.29 is 5.11 Å². The van der Waals surface area contributed by atoms with Gasteiger partial charge in [0.2, 0.25) is 0 Å². The molecule has 11 heavy (non-hydrogen) atoms. The van der Waals surface area contributed by atoms with Crippen LogP contribution in [0.3, 0.4) is 0 Å². The molecule has 0 heterocycles. The zero-order valence-electron chi connectivity index (χ0n) is 7.93. The summed E-state index contributed by atoms with van der Waals surface area (Å²) >= 11 is 0. The van der Waals surface area contributed by atoms with Crippen molar-refractivity contribution in [1.29, 1.82) is 0 Å². The van der Waals surface area contributed by atoms with Crippen molar-refractivity contribution in [2.45, 2.75) is 40.0 Å². The van der Waals surface area contributed by atoms with Crippen molar-refractivity contribution in [3.8, 4) is 0 Å². The summed E-state index contributed by atoms with van der Waals surface area (Å²) in [6.07, 6.45) is 3.86. The monoisotopic (exact) mass is 156 g/mol. The summed E-state index contributed by atoms with van der Waals surface area (Å²) in [7, 11) is 0. The van der Waals surface area contributed by atoms with E-state index in [0.29, 0.717) is 17.9 Å². The van der Waals surface area contributed by atoms with Crippen LogP contribution in [0.15, 0.2) is 0 Å². The lowest BCUT2D eigenvalue weighted by Gasteiger charge is -2.31. The highest BCUT2D eigenvalue weighted by Gasteiger charge is 2.35. The van der Waals surface area contributed by atoms with Gasteiger partial charge in [-0.25, -0.2) is 0 Å². The minimum Gasteiger partial charge on any atom is -0.396 e. The molecule has 0 amide bonds. The molecule has 1 nitrogen and oxygen atoms in total. The van der Waals surface area contributed by atoms with E-state index in [0.717, 1.165) is 5.92 Å². The Labute approximate surface area is 69.8 Å². The lowest BCUT2D eigenvalue weighted by molar-refractivity contribution is 0.123. The van der Waals surface area contributed by atoms with Crippen LogP contribution in [0, 0.1) is 17.3 Å². The molecule has 1 fully saturated rings. The van der Waals surface area contributed by atoms with Crippen molar-refractivity contribution >= 4 is 0 Å². The van der Waals surface area contributed by atoms with Gasteiger partial charge in [-0.1, -0.05) is 27.2 Å². The predicted molar refractivity (Wildman–Crippen MR) is 47.4 cm³/mol. The van der Waals surface area contributed by atoms with E-state index in [9.17, 15) is 0 Å². The lowest BCUT2D eigenvalue weighted by atomic mass is 9.75. The highest BCUT2D eigenvalue weighted by molar-refractivity contribution is 4.85. The Balaban J connectivity index is 2.57. The summed E-state index contributed by atoms with van der Waals surface area (Å²) in [5.74, 6) is 1.32. The summed E-state index contributed by atoms with van der Waals surface area (Å²) in [5.41, 5.74) is 0.393. The number of rotatable bonds is 1. The van der Waals surface area contributed by atoms with E-state index >= 15 is 0 Å². The molecular formula is C10H20O. The van der Waals surface area contributed by atoms with Crippen LogP contribution in [0.2, 0.25) is 0 Å². The Kier molecular flexibility index (Phi) is 2.58. The summed E-state index contributed by atoms with van der Waals surface area (Å²) in [5, 5.41) is 9.10. The predicted octanol–water partition coefficient (Wildman–Crippen LogP) is 2.44. The van der Waals surface area contributed by atoms with Crippen LogP contribution < -0.4 is 0 Å². The first kappa shape index (κ1) is 9.05. The fraction of sp³-hybridized carbons (Fsp3) is 1.00. The standard InChI is InChI=1S/C10H20O/c1-10(2,3)9-6-4-5-8(9)7-11/h8-9,11H,4-7H2,1-3H3/t8-,9-/m1/s1. The Hall–Kier alpha value is -0.0400. The Bertz CT molecular complexity index is 123. The molecule has 0 radical (unpaired) electrons. The summed E-state index contributed by atoms with van der Waals surface area (Å²) < 4.78 is 0. The maximum atomic E-state index is 9.10. The molecule has 2 atom stereocenters. The number of aliphatic hydroxyl groups is 1. The first-order valence-electron chi connectivity index (χ1n) is 4.66. The van der Waals surface area contributed by atoms with E-state index in [1.54, 1.807) is 0 Å². The van der Waals surface area contributed by atoms with Crippen molar-refractivity contribution in [2.24, 2.45) is 17.3 Å². The molecule has 1 N–H and O–H groups in total. The van der Waals surface area contributed by atoms with Gasteiger partial charge >= 0.3 is 0 Å². The van der Waals surface area contributed by atoms with Gasteiger partial charge in [0.25, 0.3) is 0 Å². The van der Waals surface area contributed by atoms with E-state index in [1.807, 2.05) is 0 Å². The van der Waals surface area contributed by atoms with Gasteiger partial charge in [-0.05, 0) is 30.1 Å². The van der Waals surface area contributed by atoms with Gasteiger partial charge in [0.1, 0.15) is 0 Å². The Morgan fingerprint density at radius 3 is 2.27 bits per heavy atom. The van der Waals surface area contributed by atoms with Crippen LogP contribution in [0.5, 0.6) is 0 Å². The van der Waals surface area contributed by atoms with Crippen LogP contribution in [0.4, 0.5) is 0 Å². The van der Waals surface area contributed by atoms with Crippen molar-refractivity contribution in [2.75, 3.05) is 6.61 Å². The molecule has 0 aliphatic heterocycles. The maximum Gasteiger partial charge on any atom is 0.0462 e. The molecule has 1 saturated carbocycles. The maximum absolute atomic E-state index is 9.10. The molecule has 0 unspecified atom stereocenters. The molecule has 0 aromatic carbocycles. The topological polar surface area (TPSA) is 20.2 Å². The van der Waals surface area contributed by atoms with Crippen LogP contribution in [-0.4, -0.2) is 11.7 Å². The molecular weight excluding hydrogens is 136 g/mol. The minimum atomic E-state index is 0.391. The molecule has 0 saturated heterocycles. The van der Waals surface area contributed by atoms with E-state index < -0.39 is 0 Å². The summed E-state index contributed by atoms with van der Waals surface area (Å²) in [6, 6.07) is 0. The second-order valence-corrected chi connectivity index (χ2v) is 4.85. The van der Waals surface area contributed by atoms with E-state index in [4.69, 9.17) is 5.11 Å². The molecule has 0 spiro atoms. The molecule has 1 rings (SSSR count). The van der Waals surface area contributed by atoms with Gasteiger partial charge in [-0.2, -0.15) is 0 Å². The average Bonchev–Trinajstić information content (AvgIpc) is 2.31.